The number of aliphatic hydroxyl groups is 1. The monoisotopic (exact) mass is 458 g/mol. The van der Waals surface area contributed by atoms with Crippen molar-refractivity contribution in [3.05, 3.63) is 52.5 Å². The largest absolute Gasteiger partial charge is 0.384 e. The summed E-state index contributed by atoms with van der Waals surface area (Å²) in [6, 6.07) is 7.33. The first kappa shape index (κ1) is 14.0. The Morgan fingerprint density at radius 3 is 2.41 bits per heavy atom. The molecule has 1 N–H and O–H groups in total. The second kappa shape index (κ2) is 5.72. The van der Waals surface area contributed by atoms with Crippen LogP contribution in [0.25, 0.3) is 0 Å². The van der Waals surface area contributed by atoms with E-state index in [4.69, 9.17) is 11.6 Å². The van der Waals surface area contributed by atoms with Gasteiger partial charge in [-0.15, -0.1) is 11.3 Å². The number of rotatable bonds is 2. The highest BCUT2D eigenvalue weighted by Gasteiger charge is 2.17. The molecule has 1 nitrogen and oxygen atoms in total. The summed E-state index contributed by atoms with van der Waals surface area (Å²) in [5, 5.41) is 10.9. The van der Waals surface area contributed by atoms with E-state index in [2.05, 4.69) is 47.8 Å². The quantitative estimate of drug-likeness (QED) is 0.602. The molecule has 2 aromatic rings. The Morgan fingerprint density at radius 2 is 1.88 bits per heavy atom. The molecule has 0 spiro atoms. The SMILES string of the molecule is OC(c1ccc(Br)c(Cl)c1)c1cc(Br)sc1Br. The maximum absolute atomic E-state index is 10.3. The predicted octanol–water partition coefficient (Wildman–Crippen LogP) is 5.77. The van der Waals surface area contributed by atoms with Crippen molar-refractivity contribution in [2.75, 3.05) is 0 Å². The molecule has 6 heteroatoms. The summed E-state index contributed by atoms with van der Waals surface area (Å²) in [7, 11) is 0. The molecule has 1 heterocycles. The molecule has 1 aromatic heterocycles. The molecule has 0 aliphatic heterocycles. The molecule has 0 aliphatic rings. The number of hydrogen-bond donors (Lipinski definition) is 1. The van der Waals surface area contributed by atoms with Crippen molar-refractivity contribution >= 4 is 70.7 Å². The van der Waals surface area contributed by atoms with E-state index in [0.717, 1.165) is 23.2 Å². The minimum absolute atomic E-state index is 0.590. The molecule has 0 saturated heterocycles. The molecule has 1 atom stereocenters. The van der Waals surface area contributed by atoms with Gasteiger partial charge in [-0.05, 0) is 71.6 Å². The number of halogens is 4. The molecule has 0 amide bonds. The van der Waals surface area contributed by atoms with Gasteiger partial charge in [-0.3, -0.25) is 0 Å². The minimum atomic E-state index is -0.683. The zero-order valence-corrected chi connectivity index (χ0v) is 14.6. The van der Waals surface area contributed by atoms with Crippen LogP contribution in [0.1, 0.15) is 17.2 Å². The summed E-state index contributed by atoms with van der Waals surface area (Å²) in [4.78, 5) is 0. The number of aliphatic hydroxyl groups excluding tert-OH is 1. The Hall–Kier alpha value is 0.610. The molecule has 0 radical (unpaired) electrons. The molecular formula is C11H6Br3ClOS. The van der Waals surface area contributed by atoms with Crippen molar-refractivity contribution in [1.29, 1.82) is 0 Å². The van der Waals surface area contributed by atoms with Gasteiger partial charge in [-0.1, -0.05) is 17.7 Å². The first-order valence-corrected chi connectivity index (χ1v) is 8.14. The molecule has 0 bridgehead atoms. The summed E-state index contributed by atoms with van der Waals surface area (Å²) >= 11 is 17.7. The number of hydrogen-bond acceptors (Lipinski definition) is 2. The molecule has 90 valence electrons. The maximum atomic E-state index is 10.3. The van der Waals surface area contributed by atoms with Gasteiger partial charge in [0.2, 0.25) is 0 Å². The van der Waals surface area contributed by atoms with Gasteiger partial charge in [0.15, 0.2) is 0 Å². The molecule has 1 unspecified atom stereocenters. The molecule has 2 rings (SSSR count). The van der Waals surface area contributed by atoms with Crippen molar-refractivity contribution in [1.82, 2.24) is 0 Å². The van der Waals surface area contributed by atoms with E-state index in [1.807, 2.05) is 18.2 Å². The Balaban J connectivity index is 2.40. The second-order valence-electron chi connectivity index (χ2n) is 3.36. The normalized spacial score (nSPS) is 12.8. The van der Waals surface area contributed by atoms with Crippen LogP contribution in [0.3, 0.4) is 0 Å². The topological polar surface area (TPSA) is 20.2 Å². The van der Waals surface area contributed by atoms with Crippen molar-refractivity contribution in [3.63, 3.8) is 0 Å². The van der Waals surface area contributed by atoms with Crippen molar-refractivity contribution in [3.8, 4) is 0 Å². The molecule has 1 aromatic carbocycles. The van der Waals surface area contributed by atoms with E-state index in [0.29, 0.717) is 5.02 Å². The van der Waals surface area contributed by atoms with Crippen molar-refractivity contribution in [2.45, 2.75) is 6.10 Å². The highest BCUT2D eigenvalue weighted by atomic mass is 79.9. The van der Waals surface area contributed by atoms with Gasteiger partial charge in [0.1, 0.15) is 6.10 Å². The maximum Gasteiger partial charge on any atom is 0.106 e. The lowest BCUT2D eigenvalue weighted by molar-refractivity contribution is 0.220. The fourth-order valence-electron chi connectivity index (χ4n) is 1.40. The summed E-state index contributed by atoms with van der Waals surface area (Å²) in [6.45, 7) is 0. The minimum Gasteiger partial charge on any atom is -0.384 e. The van der Waals surface area contributed by atoms with E-state index in [9.17, 15) is 5.11 Å². The second-order valence-corrected chi connectivity index (χ2v) is 8.37. The standard InChI is InChI=1S/C11H6Br3ClOS/c12-7-2-1-5(3-8(7)15)10(16)6-4-9(13)17-11(6)14/h1-4,10,16H. The number of benzene rings is 1. The summed E-state index contributed by atoms with van der Waals surface area (Å²) in [5.74, 6) is 0. The number of thiophene rings is 1. The van der Waals surface area contributed by atoms with Gasteiger partial charge in [-0.25, -0.2) is 0 Å². The third-order valence-corrected chi connectivity index (χ3v) is 5.86. The van der Waals surface area contributed by atoms with E-state index in [1.54, 1.807) is 6.07 Å². The van der Waals surface area contributed by atoms with E-state index >= 15 is 0 Å². The van der Waals surface area contributed by atoms with E-state index in [1.165, 1.54) is 11.3 Å². The fraction of sp³-hybridized carbons (Fsp3) is 0.0909. The van der Waals surface area contributed by atoms with Gasteiger partial charge in [0, 0.05) is 10.0 Å². The summed E-state index contributed by atoms with van der Waals surface area (Å²) < 4.78 is 2.71. The van der Waals surface area contributed by atoms with Crippen molar-refractivity contribution in [2.24, 2.45) is 0 Å². The first-order valence-electron chi connectivity index (χ1n) is 4.57. The third kappa shape index (κ3) is 3.14. The lowest BCUT2D eigenvalue weighted by Crippen LogP contribution is -1.98. The highest BCUT2D eigenvalue weighted by Crippen LogP contribution is 2.38. The molecule has 0 saturated carbocycles. The van der Waals surface area contributed by atoms with Crippen LogP contribution in [-0.4, -0.2) is 5.11 Å². The average molecular weight is 461 g/mol. The Labute approximate surface area is 133 Å². The highest BCUT2D eigenvalue weighted by molar-refractivity contribution is 9.12. The zero-order valence-electron chi connectivity index (χ0n) is 8.25. The fourth-order valence-corrected chi connectivity index (χ4v) is 4.72. The lowest BCUT2D eigenvalue weighted by atomic mass is 10.0. The molecule has 17 heavy (non-hydrogen) atoms. The van der Waals surface area contributed by atoms with Crippen LogP contribution in [0.5, 0.6) is 0 Å². The van der Waals surface area contributed by atoms with Crippen LogP contribution in [0.2, 0.25) is 5.02 Å². The van der Waals surface area contributed by atoms with Gasteiger partial charge in [-0.2, -0.15) is 0 Å². The summed E-state index contributed by atoms with van der Waals surface area (Å²) in [6.07, 6.45) is -0.683. The lowest BCUT2D eigenvalue weighted by Gasteiger charge is -2.11. The average Bonchev–Trinajstić information content (AvgIpc) is 2.61. The van der Waals surface area contributed by atoms with Crippen LogP contribution >= 0.6 is 70.7 Å². The third-order valence-electron chi connectivity index (χ3n) is 2.24. The van der Waals surface area contributed by atoms with Crippen LogP contribution < -0.4 is 0 Å². The summed E-state index contributed by atoms with van der Waals surface area (Å²) in [5.41, 5.74) is 1.60. The first-order chi connectivity index (χ1) is 7.99. The van der Waals surface area contributed by atoms with Crippen LogP contribution in [0, 0.1) is 0 Å². The van der Waals surface area contributed by atoms with E-state index in [-0.39, 0.29) is 0 Å². The molecular weight excluding hydrogens is 455 g/mol. The Kier molecular flexibility index (Phi) is 4.72. The molecule has 0 fully saturated rings. The van der Waals surface area contributed by atoms with Gasteiger partial charge in [0.25, 0.3) is 0 Å². The van der Waals surface area contributed by atoms with Gasteiger partial charge in [0.05, 0.1) is 12.6 Å². The zero-order chi connectivity index (χ0) is 12.6. The van der Waals surface area contributed by atoms with Gasteiger partial charge >= 0.3 is 0 Å². The predicted molar refractivity (Wildman–Crippen MR) is 82.9 cm³/mol. The van der Waals surface area contributed by atoms with Gasteiger partial charge < -0.3 is 5.11 Å². The Bertz CT molecular complexity index is 556. The molecule has 0 aliphatic carbocycles. The van der Waals surface area contributed by atoms with Crippen LogP contribution in [-0.2, 0) is 0 Å². The Morgan fingerprint density at radius 1 is 1.18 bits per heavy atom. The van der Waals surface area contributed by atoms with Crippen molar-refractivity contribution < 1.29 is 5.11 Å². The van der Waals surface area contributed by atoms with Crippen LogP contribution in [0.4, 0.5) is 0 Å². The van der Waals surface area contributed by atoms with E-state index < -0.39 is 6.10 Å². The van der Waals surface area contributed by atoms with Crippen LogP contribution in [0.15, 0.2) is 36.3 Å². The smallest absolute Gasteiger partial charge is 0.106 e.